The smallest absolute Gasteiger partial charge is 0.0602 e. The Bertz CT molecular complexity index is 624. The lowest BCUT2D eigenvalue weighted by molar-refractivity contribution is 0.0241. The molecule has 2 nitrogen and oxygen atoms in total. The van der Waals surface area contributed by atoms with E-state index in [0.717, 1.165) is 12.0 Å². The topological polar surface area (TPSA) is 6.48 Å². The maximum absolute atomic E-state index is 2.77. The molecule has 2 saturated heterocycles. The van der Waals surface area contributed by atoms with Crippen molar-refractivity contribution in [2.75, 3.05) is 26.2 Å². The first-order valence-corrected chi connectivity index (χ1v) is 10.4. The van der Waals surface area contributed by atoms with Crippen molar-refractivity contribution in [1.29, 1.82) is 0 Å². The van der Waals surface area contributed by atoms with Gasteiger partial charge < -0.3 is 0 Å². The molecule has 0 aliphatic carbocycles. The van der Waals surface area contributed by atoms with Gasteiger partial charge in [-0.25, -0.2) is 0 Å². The van der Waals surface area contributed by atoms with Crippen molar-refractivity contribution in [3.05, 3.63) is 71.8 Å². The first-order valence-electron chi connectivity index (χ1n) is 10.4. The van der Waals surface area contributed by atoms with Gasteiger partial charge in [0.15, 0.2) is 0 Å². The molecule has 2 heterocycles. The second kappa shape index (κ2) is 8.37. The zero-order valence-corrected chi connectivity index (χ0v) is 16.1. The summed E-state index contributed by atoms with van der Waals surface area (Å²) < 4.78 is 0. The van der Waals surface area contributed by atoms with Gasteiger partial charge in [0.2, 0.25) is 0 Å². The van der Waals surface area contributed by atoms with Gasteiger partial charge in [0.05, 0.1) is 6.04 Å². The highest BCUT2D eigenvalue weighted by atomic mass is 15.3. The van der Waals surface area contributed by atoms with Gasteiger partial charge in [0.1, 0.15) is 0 Å². The molecule has 0 saturated carbocycles. The molecule has 2 fully saturated rings. The standard InChI is InChI=1S/C24H32N2/c1-2-3-10-20-15-16-25(17-20)23-18-26(19-23)24(21-11-6-4-7-12-21)22-13-8-5-9-14-22/h4-9,11-14,20,23-24H,2-3,10,15-19H2,1H3/t20-/m1/s1. The number of benzene rings is 2. The van der Waals surface area contributed by atoms with E-state index in [9.17, 15) is 0 Å². The van der Waals surface area contributed by atoms with Crippen molar-refractivity contribution in [2.24, 2.45) is 5.92 Å². The highest BCUT2D eigenvalue weighted by Crippen LogP contribution is 2.35. The van der Waals surface area contributed by atoms with Crippen LogP contribution >= 0.6 is 0 Å². The zero-order chi connectivity index (χ0) is 17.8. The van der Waals surface area contributed by atoms with Crippen LogP contribution in [0.3, 0.4) is 0 Å². The van der Waals surface area contributed by atoms with Crippen LogP contribution in [0.25, 0.3) is 0 Å². The van der Waals surface area contributed by atoms with Gasteiger partial charge in [-0.2, -0.15) is 0 Å². The fourth-order valence-electron chi connectivity index (χ4n) is 4.74. The van der Waals surface area contributed by atoms with Crippen molar-refractivity contribution in [3.8, 4) is 0 Å². The monoisotopic (exact) mass is 348 g/mol. The number of hydrogen-bond acceptors (Lipinski definition) is 2. The SMILES string of the molecule is CCCC[C@@H]1CCN(C2CN(C(c3ccccc3)c3ccccc3)C2)C1. The van der Waals surface area contributed by atoms with Crippen LogP contribution in [0.15, 0.2) is 60.7 Å². The van der Waals surface area contributed by atoms with Crippen LogP contribution in [0.1, 0.15) is 49.8 Å². The first-order chi connectivity index (χ1) is 12.8. The van der Waals surface area contributed by atoms with E-state index in [1.165, 1.54) is 63.0 Å². The third-order valence-corrected chi connectivity index (χ3v) is 6.29. The Morgan fingerprint density at radius 1 is 0.885 bits per heavy atom. The summed E-state index contributed by atoms with van der Waals surface area (Å²) in [7, 11) is 0. The predicted octanol–water partition coefficient (Wildman–Crippen LogP) is 4.97. The number of hydrogen-bond donors (Lipinski definition) is 0. The van der Waals surface area contributed by atoms with Crippen molar-refractivity contribution in [2.45, 2.75) is 44.7 Å². The Balaban J connectivity index is 1.40. The van der Waals surface area contributed by atoms with E-state index in [4.69, 9.17) is 0 Å². The predicted molar refractivity (Wildman–Crippen MR) is 109 cm³/mol. The lowest BCUT2D eigenvalue weighted by atomic mass is 9.92. The fraction of sp³-hybridized carbons (Fsp3) is 0.500. The second-order valence-electron chi connectivity index (χ2n) is 8.12. The van der Waals surface area contributed by atoms with Crippen LogP contribution in [0.5, 0.6) is 0 Å². The Morgan fingerprint density at radius 2 is 1.50 bits per heavy atom. The average Bonchev–Trinajstić information content (AvgIpc) is 3.12. The average molecular weight is 349 g/mol. The zero-order valence-electron chi connectivity index (χ0n) is 16.1. The number of likely N-dealkylation sites (tertiary alicyclic amines) is 2. The van der Waals surface area contributed by atoms with Crippen LogP contribution < -0.4 is 0 Å². The summed E-state index contributed by atoms with van der Waals surface area (Å²) in [5.74, 6) is 0.947. The molecule has 0 amide bonds. The first kappa shape index (κ1) is 17.8. The Morgan fingerprint density at radius 3 is 2.08 bits per heavy atom. The minimum atomic E-state index is 0.396. The van der Waals surface area contributed by atoms with Gasteiger partial charge >= 0.3 is 0 Å². The van der Waals surface area contributed by atoms with Crippen molar-refractivity contribution >= 4 is 0 Å². The molecule has 0 spiro atoms. The molecule has 1 atom stereocenters. The molecule has 0 aromatic heterocycles. The third-order valence-electron chi connectivity index (χ3n) is 6.29. The molecular weight excluding hydrogens is 316 g/mol. The van der Waals surface area contributed by atoms with Crippen molar-refractivity contribution in [1.82, 2.24) is 9.80 Å². The number of unbranched alkanes of at least 4 members (excludes halogenated alkanes) is 1. The summed E-state index contributed by atoms with van der Waals surface area (Å²) in [6, 6.07) is 23.2. The molecule has 2 aromatic rings. The summed E-state index contributed by atoms with van der Waals surface area (Å²) in [5, 5.41) is 0. The second-order valence-corrected chi connectivity index (χ2v) is 8.12. The summed E-state index contributed by atoms with van der Waals surface area (Å²) in [6.07, 6.45) is 5.58. The Hall–Kier alpha value is -1.64. The highest BCUT2D eigenvalue weighted by molar-refractivity contribution is 5.32. The molecule has 2 heteroatoms. The normalized spacial score (nSPS) is 22.0. The van der Waals surface area contributed by atoms with Crippen LogP contribution in [0, 0.1) is 5.92 Å². The minimum absolute atomic E-state index is 0.396. The minimum Gasteiger partial charge on any atom is -0.298 e. The van der Waals surface area contributed by atoms with Crippen molar-refractivity contribution < 1.29 is 0 Å². The van der Waals surface area contributed by atoms with E-state index in [-0.39, 0.29) is 0 Å². The molecule has 0 bridgehead atoms. The molecule has 0 N–H and O–H groups in total. The van der Waals surface area contributed by atoms with Gasteiger partial charge in [0, 0.05) is 25.7 Å². The Labute approximate surface area is 158 Å². The lowest BCUT2D eigenvalue weighted by Gasteiger charge is -2.48. The van der Waals surface area contributed by atoms with Crippen LogP contribution in [-0.4, -0.2) is 42.0 Å². The van der Waals surface area contributed by atoms with Gasteiger partial charge in [0.25, 0.3) is 0 Å². The van der Waals surface area contributed by atoms with E-state index in [0.29, 0.717) is 6.04 Å². The highest BCUT2D eigenvalue weighted by Gasteiger charge is 2.39. The van der Waals surface area contributed by atoms with Gasteiger partial charge in [-0.3, -0.25) is 9.80 Å². The molecule has 2 aliphatic rings. The molecule has 138 valence electrons. The third kappa shape index (κ3) is 3.87. The number of rotatable bonds is 7. The molecule has 4 rings (SSSR count). The van der Waals surface area contributed by atoms with E-state index in [1.54, 1.807) is 0 Å². The van der Waals surface area contributed by atoms with E-state index < -0.39 is 0 Å². The fourth-order valence-corrected chi connectivity index (χ4v) is 4.74. The maximum atomic E-state index is 2.77. The molecule has 2 aliphatic heterocycles. The van der Waals surface area contributed by atoms with Crippen molar-refractivity contribution in [3.63, 3.8) is 0 Å². The largest absolute Gasteiger partial charge is 0.298 e. The van der Waals surface area contributed by atoms with Gasteiger partial charge in [-0.15, -0.1) is 0 Å². The van der Waals surface area contributed by atoms with E-state index >= 15 is 0 Å². The molecule has 26 heavy (non-hydrogen) atoms. The molecule has 2 aromatic carbocycles. The summed E-state index contributed by atoms with van der Waals surface area (Å²) in [6.45, 7) is 7.36. The lowest BCUT2D eigenvalue weighted by Crippen LogP contribution is -2.59. The molecular formula is C24H32N2. The number of nitrogens with zero attached hydrogens (tertiary/aromatic N) is 2. The van der Waals surface area contributed by atoms with E-state index in [1.807, 2.05) is 0 Å². The summed E-state index contributed by atoms with van der Waals surface area (Å²) in [5.41, 5.74) is 2.83. The molecule has 0 unspecified atom stereocenters. The maximum Gasteiger partial charge on any atom is 0.0602 e. The van der Waals surface area contributed by atoms with Crippen LogP contribution in [0.4, 0.5) is 0 Å². The van der Waals surface area contributed by atoms with Gasteiger partial charge in [-0.1, -0.05) is 80.4 Å². The molecule has 0 radical (unpaired) electrons. The quantitative estimate of drug-likeness (QED) is 0.697. The van der Waals surface area contributed by atoms with Crippen LogP contribution in [-0.2, 0) is 0 Å². The van der Waals surface area contributed by atoms with Gasteiger partial charge in [-0.05, 0) is 36.4 Å². The van der Waals surface area contributed by atoms with Crippen LogP contribution in [0.2, 0.25) is 0 Å². The van der Waals surface area contributed by atoms with E-state index in [2.05, 4.69) is 77.4 Å². The summed E-state index contributed by atoms with van der Waals surface area (Å²) in [4.78, 5) is 5.43. The summed E-state index contributed by atoms with van der Waals surface area (Å²) >= 11 is 0. The Kier molecular flexibility index (Phi) is 5.72.